The third-order valence-electron chi connectivity index (χ3n) is 1.98. The van der Waals surface area contributed by atoms with Crippen molar-refractivity contribution in [3.8, 4) is 0 Å². The molecule has 2 amide bonds. The molecule has 1 unspecified atom stereocenters. The predicted molar refractivity (Wildman–Crippen MR) is 48.3 cm³/mol. The highest BCUT2D eigenvalue weighted by Gasteiger charge is 2.28. The Balaban J connectivity index is 2.20. The van der Waals surface area contributed by atoms with Crippen molar-refractivity contribution in [2.75, 3.05) is 6.61 Å². The number of imide groups is 1. The molecule has 0 spiro atoms. The number of benzene rings is 1. The molecule has 4 nitrogen and oxygen atoms in total. The molecule has 72 valence electrons. The Kier molecular flexibility index (Phi) is 2.28. The van der Waals surface area contributed by atoms with Gasteiger partial charge in [0.25, 0.3) is 11.8 Å². The topological polar surface area (TPSA) is 55.4 Å². The molecule has 0 aliphatic carbocycles. The van der Waals surface area contributed by atoms with Crippen LogP contribution < -0.4 is 5.32 Å². The van der Waals surface area contributed by atoms with Gasteiger partial charge in [-0.15, -0.1) is 0 Å². The zero-order valence-electron chi connectivity index (χ0n) is 7.40. The standard InChI is InChI=1S/C10H9NO3/c12-8-6-14-9(10(13)11-8)7-4-2-1-3-5-7/h1-5,9H,6H2,(H,11,12,13). The molecule has 1 atom stereocenters. The highest BCUT2D eigenvalue weighted by atomic mass is 16.5. The molecule has 1 heterocycles. The SMILES string of the molecule is O=C1COC(c2ccccc2)C(=O)N1. The quantitative estimate of drug-likeness (QED) is 0.654. The maximum absolute atomic E-state index is 11.3. The predicted octanol–water partition coefficient (Wildman–Crippen LogP) is 0.401. The summed E-state index contributed by atoms with van der Waals surface area (Å²) in [5.74, 6) is -0.783. The summed E-state index contributed by atoms with van der Waals surface area (Å²) in [4.78, 5) is 22.1. The number of ether oxygens (including phenoxy) is 1. The van der Waals surface area contributed by atoms with Crippen molar-refractivity contribution in [2.24, 2.45) is 0 Å². The van der Waals surface area contributed by atoms with E-state index in [1.807, 2.05) is 18.2 Å². The second-order valence-electron chi connectivity index (χ2n) is 3.01. The highest BCUT2D eigenvalue weighted by Crippen LogP contribution is 2.19. The summed E-state index contributed by atoms with van der Waals surface area (Å²) in [5, 5.41) is 2.22. The van der Waals surface area contributed by atoms with E-state index in [1.54, 1.807) is 12.1 Å². The smallest absolute Gasteiger partial charge is 0.260 e. The van der Waals surface area contributed by atoms with Gasteiger partial charge < -0.3 is 4.74 Å². The van der Waals surface area contributed by atoms with Crippen molar-refractivity contribution < 1.29 is 14.3 Å². The van der Waals surface area contributed by atoms with Crippen molar-refractivity contribution in [3.63, 3.8) is 0 Å². The van der Waals surface area contributed by atoms with Crippen molar-refractivity contribution in [3.05, 3.63) is 35.9 Å². The zero-order valence-corrected chi connectivity index (χ0v) is 7.40. The largest absolute Gasteiger partial charge is 0.354 e. The molecule has 1 aliphatic heterocycles. The number of amides is 2. The first-order valence-corrected chi connectivity index (χ1v) is 4.27. The van der Waals surface area contributed by atoms with E-state index >= 15 is 0 Å². The molecule has 1 aromatic carbocycles. The van der Waals surface area contributed by atoms with E-state index in [0.29, 0.717) is 0 Å². The number of hydrogen-bond donors (Lipinski definition) is 1. The molecule has 1 aliphatic rings. The summed E-state index contributed by atoms with van der Waals surface area (Å²) in [6, 6.07) is 9.08. The van der Waals surface area contributed by atoms with E-state index in [9.17, 15) is 9.59 Å². The molecule has 0 aromatic heterocycles. The Morgan fingerprint density at radius 1 is 1.21 bits per heavy atom. The van der Waals surface area contributed by atoms with E-state index in [-0.39, 0.29) is 12.5 Å². The van der Waals surface area contributed by atoms with Gasteiger partial charge in [0, 0.05) is 0 Å². The number of rotatable bonds is 1. The maximum atomic E-state index is 11.3. The first-order valence-electron chi connectivity index (χ1n) is 4.27. The second kappa shape index (κ2) is 3.59. The van der Waals surface area contributed by atoms with Gasteiger partial charge in [-0.3, -0.25) is 14.9 Å². The molecular formula is C10H9NO3. The normalized spacial score (nSPS) is 21.9. The molecule has 0 bridgehead atoms. The average molecular weight is 191 g/mol. The summed E-state index contributed by atoms with van der Waals surface area (Å²) in [6.07, 6.45) is -0.658. The second-order valence-corrected chi connectivity index (χ2v) is 3.01. The van der Waals surface area contributed by atoms with Gasteiger partial charge >= 0.3 is 0 Å². The Labute approximate surface area is 80.9 Å². The van der Waals surface area contributed by atoms with E-state index in [2.05, 4.69) is 5.32 Å². The fraction of sp³-hybridized carbons (Fsp3) is 0.200. The highest BCUT2D eigenvalue weighted by molar-refractivity contribution is 6.00. The minimum Gasteiger partial charge on any atom is -0.354 e. The van der Waals surface area contributed by atoms with Crippen LogP contribution in [0.2, 0.25) is 0 Å². The maximum Gasteiger partial charge on any atom is 0.260 e. The fourth-order valence-electron chi connectivity index (χ4n) is 1.35. The number of hydrogen-bond acceptors (Lipinski definition) is 3. The van der Waals surface area contributed by atoms with Crippen molar-refractivity contribution in [1.29, 1.82) is 0 Å². The van der Waals surface area contributed by atoms with E-state index in [4.69, 9.17) is 4.74 Å². The van der Waals surface area contributed by atoms with Crippen LogP contribution in [0.25, 0.3) is 0 Å². The van der Waals surface area contributed by atoms with Gasteiger partial charge in [-0.2, -0.15) is 0 Å². The number of carbonyl (C=O) groups is 2. The van der Waals surface area contributed by atoms with Crippen LogP contribution in [-0.4, -0.2) is 18.4 Å². The molecule has 1 N–H and O–H groups in total. The summed E-state index contributed by atoms with van der Waals surface area (Å²) in [7, 11) is 0. The summed E-state index contributed by atoms with van der Waals surface area (Å²) in [6.45, 7) is -0.0642. The lowest BCUT2D eigenvalue weighted by Gasteiger charge is -2.21. The van der Waals surface area contributed by atoms with Gasteiger partial charge in [0.1, 0.15) is 6.61 Å². The minimum absolute atomic E-state index is 0.0642. The van der Waals surface area contributed by atoms with E-state index < -0.39 is 12.0 Å². The van der Waals surface area contributed by atoms with Crippen molar-refractivity contribution in [1.82, 2.24) is 5.32 Å². The number of carbonyl (C=O) groups excluding carboxylic acids is 2. The van der Waals surface area contributed by atoms with Crippen LogP contribution >= 0.6 is 0 Å². The summed E-state index contributed by atoms with van der Waals surface area (Å²) in [5.41, 5.74) is 0.762. The Bertz CT molecular complexity index is 361. The monoisotopic (exact) mass is 191 g/mol. The van der Waals surface area contributed by atoms with Crippen molar-refractivity contribution >= 4 is 11.8 Å². The lowest BCUT2D eigenvalue weighted by molar-refractivity contribution is -0.150. The van der Waals surface area contributed by atoms with Gasteiger partial charge in [-0.1, -0.05) is 30.3 Å². The molecule has 0 radical (unpaired) electrons. The molecule has 2 rings (SSSR count). The van der Waals surface area contributed by atoms with Gasteiger partial charge in [0.2, 0.25) is 0 Å². The fourth-order valence-corrected chi connectivity index (χ4v) is 1.35. The molecule has 14 heavy (non-hydrogen) atoms. The molecule has 4 heteroatoms. The van der Waals surface area contributed by atoms with Gasteiger partial charge in [0.15, 0.2) is 6.10 Å². The number of nitrogens with one attached hydrogen (secondary N) is 1. The van der Waals surface area contributed by atoms with Crippen LogP contribution in [0.4, 0.5) is 0 Å². The summed E-state index contributed by atoms with van der Waals surface area (Å²) < 4.78 is 5.13. The average Bonchev–Trinajstić information content (AvgIpc) is 2.19. The molecular weight excluding hydrogens is 182 g/mol. The lowest BCUT2D eigenvalue weighted by Crippen LogP contribution is -2.43. The summed E-state index contributed by atoms with van der Waals surface area (Å²) >= 11 is 0. The molecule has 1 saturated heterocycles. The van der Waals surface area contributed by atoms with Crippen LogP contribution in [0.5, 0.6) is 0 Å². The van der Waals surface area contributed by atoms with E-state index in [0.717, 1.165) is 5.56 Å². The van der Waals surface area contributed by atoms with Crippen LogP contribution in [-0.2, 0) is 14.3 Å². The first-order chi connectivity index (χ1) is 6.77. The Morgan fingerprint density at radius 2 is 1.93 bits per heavy atom. The third-order valence-corrected chi connectivity index (χ3v) is 1.98. The van der Waals surface area contributed by atoms with Crippen LogP contribution in [0.3, 0.4) is 0 Å². The van der Waals surface area contributed by atoms with Gasteiger partial charge in [-0.05, 0) is 5.56 Å². The van der Waals surface area contributed by atoms with Gasteiger partial charge in [0.05, 0.1) is 0 Å². The zero-order chi connectivity index (χ0) is 9.97. The molecule has 1 aromatic rings. The van der Waals surface area contributed by atoms with Crippen LogP contribution in [0.15, 0.2) is 30.3 Å². The molecule has 1 fully saturated rings. The number of morpholine rings is 1. The Hall–Kier alpha value is -1.68. The Morgan fingerprint density at radius 3 is 2.57 bits per heavy atom. The minimum atomic E-state index is -0.658. The van der Waals surface area contributed by atoms with Gasteiger partial charge in [-0.25, -0.2) is 0 Å². The van der Waals surface area contributed by atoms with Crippen LogP contribution in [0, 0.1) is 0 Å². The van der Waals surface area contributed by atoms with E-state index in [1.165, 1.54) is 0 Å². The molecule has 0 saturated carbocycles. The first kappa shape index (κ1) is 8.90. The lowest BCUT2D eigenvalue weighted by atomic mass is 10.1. The third kappa shape index (κ3) is 1.65. The van der Waals surface area contributed by atoms with Crippen LogP contribution in [0.1, 0.15) is 11.7 Å². The van der Waals surface area contributed by atoms with Crippen molar-refractivity contribution in [2.45, 2.75) is 6.10 Å².